The zero-order valence-electron chi connectivity index (χ0n) is 7.95. The molecule has 2 aliphatic rings. The van der Waals surface area contributed by atoms with Crippen molar-refractivity contribution in [1.82, 2.24) is 9.88 Å². The van der Waals surface area contributed by atoms with E-state index in [1.165, 1.54) is 37.1 Å². The molecule has 1 aliphatic heterocycles. The maximum atomic E-state index is 5.81. The second kappa shape index (κ2) is 3.47. The topological polar surface area (TPSA) is 16.1 Å². The van der Waals surface area contributed by atoms with E-state index in [0.717, 1.165) is 24.2 Å². The van der Waals surface area contributed by atoms with Crippen molar-refractivity contribution in [1.29, 1.82) is 0 Å². The number of halogens is 1. The fourth-order valence-corrected chi connectivity index (χ4v) is 3.56. The van der Waals surface area contributed by atoms with E-state index in [2.05, 4.69) is 15.3 Å². The highest BCUT2D eigenvalue weighted by Gasteiger charge is 2.37. The van der Waals surface area contributed by atoms with E-state index in [9.17, 15) is 0 Å². The number of thiazole rings is 1. The molecule has 1 aliphatic carbocycles. The Morgan fingerprint density at radius 1 is 1.57 bits per heavy atom. The van der Waals surface area contributed by atoms with Gasteiger partial charge in [-0.1, -0.05) is 11.6 Å². The van der Waals surface area contributed by atoms with Gasteiger partial charge < -0.3 is 0 Å². The number of likely N-dealkylation sites (tertiary alicyclic amines) is 1. The average Bonchev–Trinajstić information content (AvgIpc) is 2.82. The molecule has 0 aromatic carbocycles. The Labute approximate surface area is 92.9 Å². The molecule has 14 heavy (non-hydrogen) atoms. The van der Waals surface area contributed by atoms with Crippen LogP contribution in [-0.2, 0) is 6.54 Å². The molecule has 0 spiro atoms. The molecule has 2 nitrogen and oxygen atoms in total. The highest BCUT2D eigenvalue weighted by Crippen LogP contribution is 2.38. The van der Waals surface area contributed by atoms with Crippen molar-refractivity contribution in [3.8, 4) is 0 Å². The van der Waals surface area contributed by atoms with E-state index < -0.39 is 0 Å². The van der Waals surface area contributed by atoms with Gasteiger partial charge in [-0.05, 0) is 25.2 Å². The zero-order valence-corrected chi connectivity index (χ0v) is 9.52. The number of rotatable bonds is 2. The molecule has 1 aromatic rings. The Morgan fingerprint density at radius 2 is 2.50 bits per heavy atom. The quantitative estimate of drug-likeness (QED) is 0.774. The lowest BCUT2D eigenvalue weighted by Gasteiger charge is -2.25. The molecule has 1 saturated carbocycles. The molecular weight excluding hydrogens is 216 g/mol. The average molecular weight is 229 g/mol. The van der Waals surface area contributed by atoms with E-state index in [1.54, 1.807) is 0 Å². The molecule has 2 heterocycles. The lowest BCUT2D eigenvalue weighted by molar-refractivity contribution is 0.203. The Hall–Kier alpha value is -0.120. The number of nitrogens with zero attached hydrogens (tertiary/aromatic N) is 2. The van der Waals surface area contributed by atoms with Gasteiger partial charge in [0.25, 0.3) is 0 Å². The smallest absolute Gasteiger partial charge is 0.183 e. The summed E-state index contributed by atoms with van der Waals surface area (Å²) in [6, 6.07) is 0.834. The summed E-state index contributed by atoms with van der Waals surface area (Å²) in [5, 5.41) is 2.08. The van der Waals surface area contributed by atoms with Crippen molar-refractivity contribution in [3.05, 3.63) is 15.5 Å². The Balaban J connectivity index is 1.68. The highest BCUT2D eigenvalue weighted by molar-refractivity contribution is 7.13. The summed E-state index contributed by atoms with van der Waals surface area (Å²) in [6.07, 6.45) is 4.25. The molecule has 1 aromatic heterocycles. The van der Waals surface area contributed by atoms with E-state index in [1.807, 2.05) is 0 Å². The first-order valence-corrected chi connectivity index (χ1v) is 6.41. The van der Waals surface area contributed by atoms with Gasteiger partial charge in [0.1, 0.15) is 0 Å². The molecule has 4 heteroatoms. The van der Waals surface area contributed by atoms with Gasteiger partial charge in [-0.15, -0.1) is 11.3 Å². The van der Waals surface area contributed by atoms with E-state index in [4.69, 9.17) is 11.6 Å². The van der Waals surface area contributed by atoms with Crippen molar-refractivity contribution in [2.45, 2.75) is 31.8 Å². The molecule has 3 rings (SSSR count). The molecule has 1 saturated heterocycles. The monoisotopic (exact) mass is 228 g/mol. The predicted molar refractivity (Wildman–Crippen MR) is 58.7 cm³/mol. The van der Waals surface area contributed by atoms with Crippen LogP contribution in [0.1, 0.15) is 25.0 Å². The highest BCUT2D eigenvalue weighted by atomic mass is 35.5. The van der Waals surface area contributed by atoms with Gasteiger partial charge in [0, 0.05) is 24.5 Å². The maximum Gasteiger partial charge on any atom is 0.183 e. The molecular formula is C10H13ClN2S. The third kappa shape index (κ3) is 1.58. The van der Waals surface area contributed by atoms with Crippen LogP contribution >= 0.6 is 22.9 Å². The molecule has 2 atom stereocenters. The van der Waals surface area contributed by atoms with Crippen molar-refractivity contribution < 1.29 is 0 Å². The van der Waals surface area contributed by atoms with Gasteiger partial charge >= 0.3 is 0 Å². The van der Waals surface area contributed by atoms with E-state index in [0.29, 0.717) is 4.47 Å². The number of aromatic nitrogens is 1. The standard InChI is InChI=1S/C10H13ClN2S/c11-10-12-8(6-14-10)5-13-4-7-1-2-9(13)3-7/h6-7,9H,1-5H2. The third-order valence-corrected chi connectivity index (χ3v) is 4.44. The maximum absolute atomic E-state index is 5.81. The van der Waals surface area contributed by atoms with Crippen LogP contribution in [0.3, 0.4) is 0 Å². The van der Waals surface area contributed by atoms with Gasteiger partial charge in [-0.2, -0.15) is 0 Å². The predicted octanol–water partition coefficient (Wildman–Crippen LogP) is 2.78. The van der Waals surface area contributed by atoms with Gasteiger partial charge in [0.2, 0.25) is 0 Å². The van der Waals surface area contributed by atoms with Gasteiger partial charge in [0.15, 0.2) is 4.47 Å². The normalized spacial score (nSPS) is 31.5. The summed E-state index contributed by atoms with van der Waals surface area (Å²) in [6.45, 7) is 2.28. The van der Waals surface area contributed by atoms with Crippen LogP contribution in [-0.4, -0.2) is 22.5 Å². The Morgan fingerprint density at radius 3 is 3.07 bits per heavy atom. The van der Waals surface area contributed by atoms with Crippen LogP contribution in [0.4, 0.5) is 0 Å². The van der Waals surface area contributed by atoms with Crippen LogP contribution in [0, 0.1) is 5.92 Å². The first kappa shape index (κ1) is 9.13. The van der Waals surface area contributed by atoms with E-state index >= 15 is 0 Å². The molecule has 0 N–H and O–H groups in total. The molecule has 2 fully saturated rings. The SMILES string of the molecule is Clc1nc(CN2CC3CCC2C3)cs1. The number of fused-ring (bicyclic) bond motifs is 2. The summed E-state index contributed by atoms with van der Waals surface area (Å²) in [5.41, 5.74) is 1.15. The second-order valence-electron chi connectivity index (χ2n) is 4.35. The largest absolute Gasteiger partial charge is 0.294 e. The minimum atomic E-state index is 0.671. The van der Waals surface area contributed by atoms with Crippen LogP contribution in [0.15, 0.2) is 5.38 Å². The minimum Gasteiger partial charge on any atom is -0.294 e. The fourth-order valence-electron chi connectivity index (χ4n) is 2.78. The second-order valence-corrected chi connectivity index (χ2v) is 5.79. The van der Waals surface area contributed by atoms with Crippen molar-refractivity contribution in [2.24, 2.45) is 5.92 Å². The summed E-state index contributed by atoms with van der Waals surface area (Å²) in [5.74, 6) is 0.967. The van der Waals surface area contributed by atoms with Crippen LogP contribution in [0.2, 0.25) is 4.47 Å². The number of piperidine rings is 1. The van der Waals surface area contributed by atoms with Crippen molar-refractivity contribution in [3.63, 3.8) is 0 Å². The Bertz CT molecular complexity index is 339. The lowest BCUT2D eigenvalue weighted by Crippen LogP contribution is -2.31. The summed E-state index contributed by atoms with van der Waals surface area (Å²) in [4.78, 5) is 6.87. The summed E-state index contributed by atoms with van der Waals surface area (Å²) in [7, 11) is 0. The molecule has 76 valence electrons. The number of hydrogen-bond acceptors (Lipinski definition) is 3. The molecule has 0 radical (unpaired) electrons. The van der Waals surface area contributed by atoms with Gasteiger partial charge in [0.05, 0.1) is 5.69 Å². The minimum absolute atomic E-state index is 0.671. The zero-order chi connectivity index (χ0) is 9.54. The fraction of sp³-hybridized carbons (Fsp3) is 0.700. The van der Waals surface area contributed by atoms with E-state index in [-0.39, 0.29) is 0 Å². The van der Waals surface area contributed by atoms with Gasteiger partial charge in [-0.25, -0.2) is 4.98 Å². The van der Waals surface area contributed by atoms with Crippen LogP contribution in [0.5, 0.6) is 0 Å². The van der Waals surface area contributed by atoms with Crippen molar-refractivity contribution in [2.75, 3.05) is 6.54 Å². The lowest BCUT2D eigenvalue weighted by atomic mass is 10.1. The van der Waals surface area contributed by atoms with Crippen molar-refractivity contribution >= 4 is 22.9 Å². The molecule has 2 bridgehead atoms. The van der Waals surface area contributed by atoms with Crippen LogP contribution < -0.4 is 0 Å². The van der Waals surface area contributed by atoms with Gasteiger partial charge in [-0.3, -0.25) is 4.90 Å². The van der Waals surface area contributed by atoms with Crippen LogP contribution in [0.25, 0.3) is 0 Å². The summed E-state index contributed by atoms with van der Waals surface area (Å²) >= 11 is 7.35. The Kier molecular flexibility index (Phi) is 2.26. The first-order chi connectivity index (χ1) is 6.81. The third-order valence-electron chi connectivity index (χ3n) is 3.41. The number of hydrogen-bond donors (Lipinski definition) is 0. The summed E-state index contributed by atoms with van der Waals surface area (Å²) < 4.78 is 0.671. The molecule has 2 unspecified atom stereocenters. The molecule has 0 amide bonds. The first-order valence-electron chi connectivity index (χ1n) is 5.15.